The molecule has 306 valence electrons. The Balaban J connectivity index is 0.848. The first-order valence-corrected chi connectivity index (χ1v) is 20.4. The van der Waals surface area contributed by atoms with Gasteiger partial charge in [0.05, 0.1) is 30.5 Å². The summed E-state index contributed by atoms with van der Waals surface area (Å²) in [5.41, 5.74) is -1.67. The number of benzene rings is 4. The monoisotopic (exact) mass is 830 g/mol. The van der Waals surface area contributed by atoms with Gasteiger partial charge in [0.1, 0.15) is 30.8 Å². The van der Waals surface area contributed by atoms with Crippen molar-refractivity contribution in [2.45, 2.75) is 63.9 Å². The Morgan fingerprint density at radius 1 is 0.586 bits per heavy atom. The van der Waals surface area contributed by atoms with Crippen molar-refractivity contribution < 1.29 is 48.2 Å². The number of hydrogen-bond donors (Lipinski definition) is 2. The third kappa shape index (κ3) is 11.4. The minimum atomic E-state index is -1.08. The molecule has 0 fully saturated rings. The predicted molar refractivity (Wildman–Crippen MR) is 225 cm³/mol. The number of carbonyl (C=O) groups is 2. The maximum Gasteiger partial charge on any atom is 0.344 e. The highest BCUT2D eigenvalue weighted by Crippen LogP contribution is 2.29. The van der Waals surface area contributed by atoms with Gasteiger partial charge in [-0.3, -0.25) is 9.59 Å². The lowest BCUT2D eigenvalue weighted by Crippen LogP contribution is -2.36. The minimum absolute atomic E-state index is 0.0946. The van der Waals surface area contributed by atoms with Crippen molar-refractivity contribution >= 4 is 75.0 Å². The van der Waals surface area contributed by atoms with Crippen molar-refractivity contribution in [3.8, 4) is 11.5 Å². The molecule has 2 heterocycles. The van der Waals surface area contributed by atoms with Crippen LogP contribution in [-0.4, -0.2) is 85.2 Å². The van der Waals surface area contributed by atoms with Crippen LogP contribution >= 0.6 is 22.7 Å². The van der Waals surface area contributed by atoms with E-state index in [0.29, 0.717) is 39.5 Å². The van der Waals surface area contributed by atoms with E-state index >= 15 is 0 Å². The molecule has 14 heteroatoms. The Labute approximate surface area is 342 Å². The summed E-state index contributed by atoms with van der Waals surface area (Å²) in [4.78, 5) is 50.7. The maximum atomic E-state index is 13.0. The maximum absolute atomic E-state index is 13.0. The van der Waals surface area contributed by atoms with Crippen LogP contribution in [0.15, 0.2) is 94.5 Å². The van der Waals surface area contributed by atoms with Gasteiger partial charge in [-0.05, 0) is 94.8 Å². The van der Waals surface area contributed by atoms with Crippen molar-refractivity contribution in [3.05, 3.63) is 105 Å². The first-order chi connectivity index (χ1) is 27.7. The molecule has 58 heavy (non-hydrogen) atoms. The van der Waals surface area contributed by atoms with Crippen LogP contribution < -0.4 is 20.3 Å². The summed E-state index contributed by atoms with van der Waals surface area (Å²) >= 11 is 3.00. The molecule has 0 aliphatic heterocycles. The molecule has 0 saturated carbocycles. The molecule has 0 radical (unpaired) electrons. The summed E-state index contributed by atoms with van der Waals surface area (Å²) in [5.74, 6) is -0.633. The highest BCUT2D eigenvalue weighted by molar-refractivity contribution is 7.24. The van der Waals surface area contributed by atoms with Gasteiger partial charge >= 0.3 is 11.9 Å². The molecule has 0 aliphatic carbocycles. The van der Waals surface area contributed by atoms with Crippen LogP contribution in [0.5, 0.6) is 11.5 Å². The van der Waals surface area contributed by atoms with Crippen molar-refractivity contribution in [3.63, 3.8) is 0 Å². The van der Waals surface area contributed by atoms with Crippen LogP contribution in [0, 0.1) is 0 Å². The van der Waals surface area contributed by atoms with Gasteiger partial charge < -0.3 is 38.6 Å². The number of hydrogen-bond acceptors (Lipinski definition) is 14. The smallest absolute Gasteiger partial charge is 0.344 e. The molecule has 0 amide bonds. The van der Waals surface area contributed by atoms with Crippen LogP contribution in [-0.2, 0) is 28.5 Å². The van der Waals surface area contributed by atoms with Gasteiger partial charge in [0.25, 0.3) is 0 Å². The standard InChI is InChI=1S/C44H46O12S2/c1-43(2,56-24-28(46)23-54-40(48)26-52-30-14-16-38-34(20-30)42(50)32-10-6-8-12-36(32)58-38)17-18-55-44(3,4)21-27(45)22-53-39(47)25-51-29-13-15-37-33(19-29)41(49)31-9-5-7-11-35(31)57-37/h5-16,19-20,27-28,45-46H,17-18,21-26H2,1-4H3. The summed E-state index contributed by atoms with van der Waals surface area (Å²) in [6.45, 7) is 6.15. The Kier molecular flexibility index (Phi) is 13.8. The SMILES string of the molecule is CC(C)(CCOC(C)(C)CC(O)COC(=O)COc1ccc2sc3ccccc3c(=O)c2c1)OCC(O)COC(=O)COc1ccc2sc3ccccc3c(=O)c2c1. The van der Waals surface area contributed by atoms with E-state index in [-0.39, 0.29) is 50.3 Å². The Morgan fingerprint density at radius 2 is 1.05 bits per heavy atom. The van der Waals surface area contributed by atoms with Crippen molar-refractivity contribution in [1.82, 2.24) is 0 Å². The zero-order chi connectivity index (χ0) is 41.5. The van der Waals surface area contributed by atoms with E-state index in [0.717, 1.165) is 18.8 Å². The van der Waals surface area contributed by atoms with Crippen LogP contribution in [0.2, 0.25) is 0 Å². The van der Waals surface area contributed by atoms with Crippen LogP contribution in [0.1, 0.15) is 40.5 Å². The molecule has 0 bridgehead atoms. The van der Waals surface area contributed by atoms with Crippen molar-refractivity contribution in [2.24, 2.45) is 0 Å². The molecule has 6 rings (SSSR count). The van der Waals surface area contributed by atoms with Gasteiger partial charge in [0.15, 0.2) is 24.1 Å². The van der Waals surface area contributed by atoms with E-state index in [4.69, 9.17) is 28.4 Å². The number of ether oxygens (including phenoxy) is 6. The number of carbonyl (C=O) groups excluding carboxylic acids is 2. The second kappa shape index (κ2) is 18.7. The lowest BCUT2D eigenvalue weighted by atomic mass is 10.00. The first-order valence-electron chi connectivity index (χ1n) is 18.8. The fourth-order valence-corrected chi connectivity index (χ4v) is 8.29. The summed E-state index contributed by atoms with van der Waals surface area (Å²) in [7, 11) is 0. The van der Waals surface area contributed by atoms with E-state index in [1.807, 2.05) is 64.1 Å². The minimum Gasteiger partial charge on any atom is -0.482 e. The second-order valence-corrected chi connectivity index (χ2v) is 17.2. The van der Waals surface area contributed by atoms with Crippen LogP contribution in [0.25, 0.3) is 40.3 Å². The molecule has 0 saturated heterocycles. The van der Waals surface area contributed by atoms with E-state index < -0.39 is 42.0 Å². The molecule has 2 N–H and O–H groups in total. The van der Waals surface area contributed by atoms with Gasteiger partial charge in [-0.15, -0.1) is 22.7 Å². The second-order valence-electron chi connectivity index (χ2n) is 15.1. The number of esters is 2. The van der Waals surface area contributed by atoms with Crippen molar-refractivity contribution in [2.75, 3.05) is 39.6 Å². The third-order valence-electron chi connectivity index (χ3n) is 9.27. The van der Waals surface area contributed by atoms with Gasteiger partial charge in [0, 0.05) is 46.8 Å². The number of aliphatic hydroxyl groups excluding tert-OH is 2. The molecule has 4 aromatic carbocycles. The quantitative estimate of drug-likeness (QED) is 0.0651. The zero-order valence-corrected chi connectivity index (χ0v) is 34.3. The average Bonchev–Trinajstić information content (AvgIpc) is 3.20. The summed E-state index contributed by atoms with van der Waals surface area (Å²) in [6.07, 6.45) is -1.45. The van der Waals surface area contributed by atoms with Gasteiger partial charge in [0.2, 0.25) is 0 Å². The number of fused-ring (bicyclic) bond motifs is 4. The van der Waals surface area contributed by atoms with E-state index in [1.54, 1.807) is 48.5 Å². The Bertz CT molecular complexity index is 2530. The highest BCUT2D eigenvalue weighted by Gasteiger charge is 2.27. The Hall–Kier alpha value is -4.96. The zero-order valence-electron chi connectivity index (χ0n) is 32.7. The number of rotatable bonds is 19. The molecule has 0 aliphatic rings. The van der Waals surface area contributed by atoms with E-state index in [2.05, 4.69) is 0 Å². The topological polar surface area (TPSA) is 164 Å². The molecule has 2 atom stereocenters. The molecule has 0 spiro atoms. The third-order valence-corrected chi connectivity index (χ3v) is 11.6. The van der Waals surface area contributed by atoms with Gasteiger partial charge in [-0.25, -0.2) is 9.59 Å². The lowest BCUT2D eigenvalue weighted by molar-refractivity contribution is -0.153. The van der Waals surface area contributed by atoms with Crippen LogP contribution in [0.3, 0.4) is 0 Å². The fourth-order valence-electron chi connectivity index (χ4n) is 6.19. The molecule has 2 aromatic heterocycles. The highest BCUT2D eigenvalue weighted by atomic mass is 32.1. The average molecular weight is 831 g/mol. The van der Waals surface area contributed by atoms with E-state index in [9.17, 15) is 29.4 Å². The van der Waals surface area contributed by atoms with Gasteiger partial charge in [-0.2, -0.15) is 0 Å². The fraction of sp³-hybridized carbons (Fsp3) is 0.364. The summed E-state index contributed by atoms with van der Waals surface area (Å²) in [5, 5.41) is 23.3. The molecular weight excluding hydrogens is 785 g/mol. The predicted octanol–water partition coefficient (Wildman–Crippen LogP) is 6.78. The number of aliphatic hydroxyl groups is 2. The van der Waals surface area contributed by atoms with Gasteiger partial charge in [-0.1, -0.05) is 24.3 Å². The molecular formula is C44H46O12S2. The lowest BCUT2D eigenvalue weighted by Gasteiger charge is -2.31. The molecule has 6 aromatic rings. The normalized spacial score (nSPS) is 13.1. The summed E-state index contributed by atoms with van der Waals surface area (Å²) in [6, 6.07) is 25.0. The van der Waals surface area contributed by atoms with E-state index in [1.165, 1.54) is 22.7 Å². The Morgan fingerprint density at radius 3 is 1.57 bits per heavy atom. The molecule has 2 unspecified atom stereocenters. The van der Waals surface area contributed by atoms with Crippen LogP contribution in [0.4, 0.5) is 0 Å². The first kappa shape index (κ1) is 42.6. The largest absolute Gasteiger partial charge is 0.482 e. The molecule has 12 nitrogen and oxygen atoms in total. The summed E-state index contributed by atoms with van der Waals surface area (Å²) < 4.78 is 36.9. The van der Waals surface area contributed by atoms with Crippen molar-refractivity contribution in [1.29, 1.82) is 0 Å².